The third kappa shape index (κ3) is 3.08. The van der Waals surface area contributed by atoms with Gasteiger partial charge in [0.2, 0.25) is 0 Å². The molecule has 0 saturated carbocycles. The van der Waals surface area contributed by atoms with Crippen LogP contribution in [0.15, 0.2) is 18.2 Å². The van der Waals surface area contributed by atoms with E-state index in [4.69, 9.17) is 11.6 Å². The molecule has 0 aliphatic heterocycles. The third-order valence-corrected chi connectivity index (χ3v) is 1.80. The SMILES string of the molecule is O=CCC#Cc1ccc(Cl)cc1[N+](=O)[O-]. The number of nitrogens with zero attached hydrogens (tertiary/aromatic N) is 1. The van der Waals surface area contributed by atoms with Crippen LogP contribution in [-0.2, 0) is 4.79 Å². The number of rotatable bonds is 2. The van der Waals surface area contributed by atoms with E-state index in [1.54, 1.807) is 0 Å². The van der Waals surface area contributed by atoms with E-state index in [1.807, 2.05) is 0 Å². The zero-order valence-electron chi connectivity index (χ0n) is 7.57. The molecule has 0 atom stereocenters. The van der Waals surface area contributed by atoms with E-state index in [-0.39, 0.29) is 22.7 Å². The molecule has 0 aromatic heterocycles. The van der Waals surface area contributed by atoms with Crippen molar-refractivity contribution < 1.29 is 9.72 Å². The Labute approximate surface area is 91.0 Å². The number of benzene rings is 1. The largest absolute Gasteiger partial charge is 0.302 e. The van der Waals surface area contributed by atoms with Crippen LogP contribution in [-0.4, -0.2) is 11.2 Å². The molecule has 5 heteroatoms. The highest BCUT2D eigenvalue weighted by atomic mass is 35.5. The Bertz CT molecular complexity index is 459. The van der Waals surface area contributed by atoms with Gasteiger partial charge in [0.05, 0.1) is 11.3 Å². The summed E-state index contributed by atoms with van der Waals surface area (Å²) in [6.07, 6.45) is 0.689. The Morgan fingerprint density at radius 2 is 2.27 bits per heavy atom. The molecular formula is C10H6ClNO3. The molecule has 15 heavy (non-hydrogen) atoms. The molecule has 1 rings (SSSR count). The minimum Gasteiger partial charge on any atom is -0.302 e. The number of halogens is 1. The number of hydrogen-bond acceptors (Lipinski definition) is 3. The lowest BCUT2D eigenvalue weighted by Crippen LogP contribution is -1.91. The second-order valence-electron chi connectivity index (χ2n) is 2.59. The first-order valence-corrected chi connectivity index (χ1v) is 4.39. The van der Waals surface area contributed by atoms with Gasteiger partial charge >= 0.3 is 0 Å². The minimum absolute atomic E-state index is 0.0553. The summed E-state index contributed by atoms with van der Waals surface area (Å²) in [6.45, 7) is 0. The van der Waals surface area contributed by atoms with Crippen LogP contribution in [0.3, 0.4) is 0 Å². The molecule has 0 heterocycles. The van der Waals surface area contributed by atoms with Crippen molar-refractivity contribution in [2.75, 3.05) is 0 Å². The van der Waals surface area contributed by atoms with Gasteiger partial charge in [-0.25, -0.2) is 0 Å². The van der Waals surface area contributed by atoms with Crippen molar-refractivity contribution >= 4 is 23.6 Å². The van der Waals surface area contributed by atoms with Crippen molar-refractivity contribution in [3.05, 3.63) is 38.9 Å². The second kappa shape index (κ2) is 5.13. The van der Waals surface area contributed by atoms with Gasteiger partial charge in [0.1, 0.15) is 11.8 Å². The normalized spacial score (nSPS) is 8.87. The Morgan fingerprint density at radius 3 is 2.87 bits per heavy atom. The highest BCUT2D eigenvalue weighted by Gasteiger charge is 2.11. The molecule has 0 aliphatic carbocycles. The van der Waals surface area contributed by atoms with E-state index in [2.05, 4.69) is 11.8 Å². The molecular weight excluding hydrogens is 218 g/mol. The quantitative estimate of drug-likeness (QED) is 0.334. The van der Waals surface area contributed by atoms with Crippen LogP contribution in [0, 0.1) is 22.0 Å². The van der Waals surface area contributed by atoms with E-state index in [1.165, 1.54) is 18.2 Å². The van der Waals surface area contributed by atoms with Crippen molar-refractivity contribution in [2.24, 2.45) is 0 Å². The van der Waals surface area contributed by atoms with Crippen molar-refractivity contribution in [1.29, 1.82) is 0 Å². The number of carbonyl (C=O) groups is 1. The maximum Gasteiger partial charge on any atom is 0.286 e. The van der Waals surface area contributed by atoms with Gasteiger partial charge in [0.25, 0.3) is 5.69 Å². The maximum absolute atomic E-state index is 10.6. The van der Waals surface area contributed by atoms with E-state index in [0.717, 1.165) is 0 Å². The molecule has 0 unspecified atom stereocenters. The summed E-state index contributed by atoms with van der Waals surface area (Å²) < 4.78 is 0. The van der Waals surface area contributed by atoms with Gasteiger partial charge in [0.15, 0.2) is 0 Å². The first-order valence-electron chi connectivity index (χ1n) is 4.01. The highest BCUT2D eigenvalue weighted by Crippen LogP contribution is 2.22. The van der Waals surface area contributed by atoms with Gasteiger partial charge in [-0.3, -0.25) is 10.1 Å². The van der Waals surface area contributed by atoms with E-state index < -0.39 is 4.92 Å². The van der Waals surface area contributed by atoms with Crippen LogP contribution in [0.4, 0.5) is 5.69 Å². The van der Waals surface area contributed by atoms with Crippen LogP contribution in [0.1, 0.15) is 12.0 Å². The van der Waals surface area contributed by atoms with Crippen LogP contribution < -0.4 is 0 Å². The molecule has 1 aromatic rings. The molecule has 0 bridgehead atoms. The molecule has 0 saturated heterocycles. The molecule has 0 aliphatic rings. The van der Waals surface area contributed by atoms with Gasteiger partial charge in [-0.1, -0.05) is 23.4 Å². The summed E-state index contributed by atoms with van der Waals surface area (Å²) in [7, 11) is 0. The fraction of sp³-hybridized carbons (Fsp3) is 0.100. The lowest BCUT2D eigenvalue weighted by molar-refractivity contribution is -0.385. The highest BCUT2D eigenvalue weighted by molar-refractivity contribution is 6.30. The number of hydrogen-bond donors (Lipinski definition) is 0. The fourth-order valence-electron chi connectivity index (χ4n) is 0.949. The third-order valence-electron chi connectivity index (χ3n) is 1.56. The van der Waals surface area contributed by atoms with Crippen molar-refractivity contribution in [3.8, 4) is 11.8 Å². The topological polar surface area (TPSA) is 60.2 Å². The number of nitro groups is 1. The fourth-order valence-corrected chi connectivity index (χ4v) is 1.12. The van der Waals surface area contributed by atoms with Gasteiger partial charge in [-0.15, -0.1) is 0 Å². The smallest absolute Gasteiger partial charge is 0.286 e. The summed E-state index contributed by atoms with van der Waals surface area (Å²) in [5.41, 5.74) is 0.104. The van der Waals surface area contributed by atoms with E-state index in [0.29, 0.717) is 6.29 Å². The zero-order valence-corrected chi connectivity index (χ0v) is 8.32. The Hall–Kier alpha value is -1.86. The summed E-state index contributed by atoms with van der Waals surface area (Å²) in [6, 6.07) is 4.20. The lowest BCUT2D eigenvalue weighted by atomic mass is 10.2. The number of carbonyl (C=O) groups excluding carboxylic acids is 1. The molecule has 0 fully saturated rings. The maximum atomic E-state index is 10.6. The Kier molecular flexibility index (Phi) is 3.83. The molecule has 1 aromatic carbocycles. The zero-order chi connectivity index (χ0) is 11.3. The molecule has 0 radical (unpaired) electrons. The predicted molar refractivity (Wildman–Crippen MR) is 55.7 cm³/mol. The Balaban J connectivity index is 3.13. The predicted octanol–water partition coefficient (Wildman–Crippen LogP) is 2.19. The molecule has 76 valence electrons. The number of aldehydes is 1. The van der Waals surface area contributed by atoms with Gasteiger partial charge in [-0.05, 0) is 12.1 Å². The summed E-state index contributed by atoms with van der Waals surface area (Å²) in [4.78, 5) is 20.1. The first kappa shape index (κ1) is 11.2. The van der Waals surface area contributed by atoms with Crippen LogP contribution in [0.25, 0.3) is 0 Å². The molecule has 0 N–H and O–H groups in total. The van der Waals surface area contributed by atoms with E-state index in [9.17, 15) is 14.9 Å². The standard InChI is InChI=1S/C10H6ClNO3/c11-9-5-4-8(3-1-2-6-13)10(7-9)12(14)15/h4-7H,2H2. The van der Waals surface area contributed by atoms with Gasteiger partial charge in [0, 0.05) is 11.1 Å². The minimum atomic E-state index is -0.559. The van der Waals surface area contributed by atoms with E-state index >= 15 is 0 Å². The number of nitro benzene ring substituents is 1. The van der Waals surface area contributed by atoms with Crippen molar-refractivity contribution in [1.82, 2.24) is 0 Å². The van der Waals surface area contributed by atoms with Crippen LogP contribution in [0.2, 0.25) is 5.02 Å². The summed E-state index contributed by atoms with van der Waals surface area (Å²) in [5.74, 6) is 5.04. The molecule has 0 spiro atoms. The van der Waals surface area contributed by atoms with Crippen LogP contribution >= 0.6 is 11.6 Å². The average molecular weight is 224 g/mol. The lowest BCUT2D eigenvalue weighted by Gasteiger charge is -1.95. The van der Waals surface area contributed by atoms with Gasteiger partial charge in [-0.2, -0.15) is 0 Å². The summed E-state index contributed by atoms with van der Waals surface area (Å²) in [5, 5.41) is 10.9. The molecule has 0 amide bonds. The molecule has 4 nitrogen and oxygen atoms in total. The first-order chi connectivity index (χ1) is 7.15. The monoisotopic (exact) mass is 223 g/mol. The van der Waals surface area contributed by atoms with Crippen molar-refractivity contribution in [2.45, 2.75) is 6.42 Å². The average Bonchev–Trinajstić information content (AvgIpc) is 2.20. The van der Waals surface area contributed by atoms with Crippen LogP contribution in [0.5, 0.6) is 0 Å². The van der Waals surface area contributed by atoms with Crippen molar-refractivity contribution in [3.63, 3.8) is 0 Å². The summed E-state index contributed by atoms with van der Waals surface area (Å²) >= 11 is 5.61. The second-order valence-corrected chi connectivity index (χ2v) is 3.03. The Morgan fingerprint density at radius 1 is 1.53 bits per heavy atom. The van der Waals surface area contributed by atoms with Gasteiger partial charge < -0.3 is 4.79 Å².